The fourth-order valence-electron chi connectivity index (χ4n) is 2.26. The van der Waals surface area contributed by atoms with E-state index < -0.39 is 0 Å². The van der Waals surface area contributed by atoms with Crippen LogP contribution in [0.4, 0.5) is 0 Å². The maximum Gasteiger partial charge on any atom is 0.274 e. The molecule has 0 radical (unpaired) electrons. The minimum absolute atomic E-state index is 0.0508. The highest BCUT2D eigenvalue weighted by Crippen LogP contribution is 2.26. The predicted octanol–water partition coefficient (Wildman–Crippen LogP) is 0.829. The van der Waals surface area contributed by atoms with Crippen molar-refractivity contribution in [3.05, 3.63) is 42.2 Å². The van der Waals surface area contributed by atoms with Gasteiger partial charge in [-0.05, 0) is 12.5 Å². The second kappa shape index (κ2) is 4.56. The molecule has 1 aliphatic rings. The number of aromatic nitrogens is 4. The minimum Gasteiger partial charge on any atom is -0.337 e. The van der Waals surface area contributed by atoms with Crippen molar-refractivity contribution in [1.82, 2.24) is 25.1 Å². The van der Waals surface area contributed by atoms with Crippen LogP contribution in [0.5, 0.6) is 0 Å². The van der Waals surface area contributed by atoms with E-state index in [4.69, 9.17) is 0 Å². The van der Waals surface area contributed by atoms with Crippen molar-refractivity contribution < 1.29 is 4.79 Å². The zero-order chi connectivity index (χ0) is 12.4. The van der Waals surface area contributed by atoms with Crippen LogP contribution < -0.4 is 0 Å². The van der Waals surface area contributed by atoms with E-state index in [-0.39, 0.29) is 5.91 Å². The van der Waals surface area contributed by atoms with E-state index in [1.807, 2.05) is 11.0 Å². The van der Waals surface area contributed by atoms with E-state index in [1.165, 1.54) is 12.4 Å². The van der Waals surface area contributed by atoms with E-state index in [0.29, 0.717) is 18.2 Å². The third kappa shape index (κ3) is 1.97. The summed E-state index contributed by atoms with van der Waals surface area (Å²) < 4.78 is 0. The lowest BCUT2D eigenvalue weighted by atomic mass is 10.1. The first kappa shape index (κ1) is 10.9. The van der Waals surface area contributed by atoms with Gasteiger partial charge in [0.25, 0.3) is 5.91 Å². The van der Waals surface area contributed by atoms with Crippen LogP contribution in [0, 0.1) is 0 Å². The number of hydrogen-bond acceptors (Lipinski definition) is 4. The molecule has 1 amide bonds. The number of hydrogen-bond donors (Lipinski definition) is 1. The Balaban J connectivity index is 1.71. The van der Waals surface area contributed by atoms with Crippen molar-refractivity contribution in [1.29, 1.82) is 0 Å². The van der Waals surface area contributed by atoms with Crippen LogP contribution in [0.25, 0.3) is 0 Å². The van der Waals surface area contributed by atoms with Gasteiger partial charge in [0.05, 0.1) is 6.20 Å². The van der Waals surface area contributed by atoms with Crippen molar-refractivity contribution >= 4 is 5.91 Å². The predicted molar refractivity (Wildman–Crippen MR) is 63.9 cm³/mol. The number of nitrogens with zero attached hydrogens (tertiary/aromatic N) is 4. The first-order valence-corrected chi connectivity index (χ1v) is 5.89. The molecule has 0 aromatic carbocycles. The molecule has 1 N–H and O–H groups in total. The average Bonchev–Trinajstić information content (AvgIpc) is 3.09. The highest BCUT2D eigenvalue weighted by molar-refractivity contribution is 5.92. The fraction of sp³-hybridized carbons (Fsp3) is 0.333. The Morgan fingerprint density at radius 2 is 2.33 bits per heavy atom. The molecule has 0 saturated carbocycles. The minimum atomic E-state index is -0.0508. The molecule has 0 bridgehead atoms. The standard InChI is InChI=1S/C12H13N5O/c18-12(11-7-13-4-5-14-11)17-6-2-9(8-17)10-1-3-15-16-10/h1,3-5,7,9H,2,6,8H2,(H,15,16). The second-order valence-corrected chi connectivity index (χ2v) is 4.34. The van der Waals surface area contributed by atoms with Gasteiger partial charge in [0.1, 0.15) is 5.69 Å². The molecule has 1 saturated heterocycles. The van der Waals surface area contributed by atoms with Gasteiger partial charge in [-0.1, -0.05) is 0 Å². The van der Waals surface area contributed by atoms with Gasteiger partial charge in [0, 0.05) is 43.3 Å². The van der Waals surface area contributed by atoms with E-state index in [9.17, 15) is 4.79 Å². The molecule has 6 nitrogen and oxygen atoms in total. The number of aromatic amines is 1. The van der Waals surface area contributed by atoms with Gasteiger partial charge in [-0.3, -0.25) is 14.9 Å². The Bertz CT molecular complexity index is 525. The van der Waals surface area contributed by atoms with Crippen molar-refractivity contribution in [3.8, 4) is 0 Å². The van der Waals surface area contributed by atoms with Crippen molar-refractivity contribution in [3.63, 3.8) is 0 Å². The maximum absolute atomic E-state index is 12.2. The van der Waals surface area contributed by atoms with Crippen molar-refractivity contribution in [2.75, 3.05) is 13.1 Å². The van der Waals surface area contributed by atoms with E-state index in [2.05, 4.69) is 20.2 Å². The van der Waals surface area contributed by atoms with Crippen molar-refractivity contribution in [2.24, 2.45) is 0 Å². The number of nitrogens with one attached hydrogen (secondary N) is 1. The first-order valence-electron chi connectivity index (χ1n) is 5.89. The lowest BCUT2D eigenvalue weighted by Gasteiger charge is -2.15. The number of likely N-dealkylation sites (tertiary alicyclic amines) is 1. The SMILES string of the molecule is O=C(c1cnccn1)N1CCC(c2ccn[nH]2)C1. The molecule has 1 atom stereocenters. The zero-order valence-electron chi connectivity index (χ0n) is 9.78. The molecule has 92 valence electrons. The molecular weight excluding hydrogens is 230 g/mol. The first-order chi connectivity index (χ1) is 8.84. The van der Waals surface area contributed by atoms with Gasteiger partial charge in [-0.25, -0.2) is 4.98 Å². The van der Waals surface area contributed by atoms with Crippen LogP contribution in [0.3, 0.4) is 0 Å². The number of carbonyl (C=O) groups excluding carboxylic acids is 1. The van der Waals surface area contributed by atoms with Crippen LogP contribution >= 0.6 is 0 Å². The van der Waals surface area contributed by atoms with Gasteiger partial charge in [0.2, 0.25) is 0 Å². The van der Waals surface area contributed by atoms with E-state index >= 15 is 0 Å². The van der Waals surface area contributed by atoms with Crippen molar-refractivity contribution in [2.45, 2.75) is 12.3 Å². The summed E-state index contributed by atoms with van der Waals surface area (Å²) in [6.45, 7) is 1.46. The molecule has 0 spiro atoms. The van der Waals surface area contributed by atoms with Gasteiger partial charge in [-0.15, -0.1) is 0 Å². The Hall–Kier alpha value is -2.24. The molecule has 3 heterocycles. The molecule has 1 unspecified atom stereocenters. The third-order valence-corrected chi connectivity index (χ3v) is 3.22. The summed E-state index contributed by atoms with van der Waals surface area (Å²) in [6, 6.07) is 1.96. The Morgan fingerprint density at radius 1 is 1.39 bits per heavy atom. The van der Waals surface area contributed by atoms with Crippen LogP contribution in [0.1, 0.15) is 28.5 Å². The molecule has 6 heteroatoms. The Morgan fingerprint density at radius 3 is 3.06 bits per heavy atom. The number of carbonyl (C=O) groups is 1. The Labute approximate surface area is 104 Å². The number of rotatable bonds is 2. The Kier molecular flexibility index (Phi) is 2.76. The summed E-state index contributed by atoms with van der Waals surface area (Å²) in [5.41, 5.74) is 1.49. The monoisotopic (exact) mass is 243 g/mol. The molecule has 0 aliphatic carbocycles. The third-order valence-electron chi connectivity index (χ3n) is 3.22. The quantitative estimate of drug-likeness (QED) is 0.847. The summed E-state index contributed by atoms with van der Waals surface area (Å²) in [5.74, 6) is 0.290. The smallest absolute Gasteiger partial charge is 0.274 e. The highest BCUT2D eigenvalue weighted by atomic mass is 16.2. The highest BCUT2D eigenvalue weighted by Gasteiger charge is 2.29. The van der Waals surface area contributed by atoms with Gasteiger partial charge in [-0.2, -0.15) is 5.10 Å². The topological polar surface area (TPSA) is 74.8 Å². The summed E-state index contributed by atoms with van der Waals surface area (Å²) in [6.07, 6.45) is 7.30. The summed E-state index contributed by atoms with van der Waals surface area (Å²) in [7, 11) is 0. The van der Waals surface area contributed by atoms with E-state index in [0.717, 1.165) is 18.7 Å². The number of amides is 1. The van der Waals surface area contributed by atoms with Gasteiger partial charge in [0.15, 0.2) is 0 Å². The summed E-state index contributed by atoms with van der Waals surface area (Å²) in [5, 5.41) is 6.91. The van der Waals surface area contributed by atoms with E-state index in [1.54, 1.807) is 12.4 Å². The average molecular weight is 243 g/mol. The number of H-pyrrole nitrogens is 1. The lowest BCUT2D eigenvalue weighted by Crippen LogP contribution is -2.29. The van der Waals surface area contributed by atoms with Crippen LogP contribution in [0.2, 0.25) is 0 Å². The molecule has 1 aliphatic heterocycles. The lowest BCUT2D eigenvalue weighted by molar-refractivity contribution is 0.0784. The van der Waals surface area contributed by atoms with Crippen LogP contribution in [-0.4, -0.2) is 44.1 Å². The molecule has 1 fully saturated rings. The molecule has 2 aromatic heterocycles. The molecule has 18 heavy (non-hydrogen) atoms. The summed E-state index contributed by atoms with van der Waals surface area (Å²) >= 11 is 0. The van der Waals surface area contributed by atoms with Gasteiger partial charge >= 0.3 is 0 Å². The normalized spacial score (nSPS) is 19.1. The van der Waals surface area contributed by atoms with Crippen LogP contribution in [-0.2, 0) is 0 Å². The van der Waals surface area contributed by atoms with Gasteiger partial charge < -0.3 is 4.90 Å². The largest absolute Gasteiger partial charge is 0.337 e. The molecular formula is C12H13N5O. The fourth-order valence-corrected chi connectivity index (χ4v) is 2.26. The maximum atomic E-state index is 12.2. The summed E-state index contributed by atoms with van der Waals surface area (Å²) in [4.78, 5) is 21.9. The molecule has 2 aromatic rings. The van der Waals surface area contributed by atoms with Crippen LogP contribution in [0.15, 0.2) is 30.9 Å². The zero-order valence-corrected chi connectivity index (χ0v) is 9.78. The molecule has 3 rings (SSSR count). The second-order valence-electron chi connectivity index (χ2n) is 4.34.